The highest BCUT2D eigenvalue weighted by atomic mass is 16.1. The molecule has 0 bridgehead atoms. The number of H-pyrrole nitrogens is 1. The minimum absolute atomic E-state index is 0.0625. The van der Waals surface area contributed by atoms with Crippen molar-refractivity contribution < 1.29 is 0 Å². The summed E-state index contributed by atoms with van der Waals surface area (Å²) in [5.41, 5.74) is 1.79. The van der Waals surface area contributed by atoms with Gasteiger partial charge in [0, 0.05) is 22.7 Å². The van der Waals surface area contributed by atoms with Gasteiger partial charge < -0.3 is 4.98 Å². The maximum atomic E-state index is 11.6. The van der Waals surface area contributed by atoms with Crippen LogP contribution >= 0.6 is 0 Å². The third-order valence-corrected chi connectivity index (χ3v) is 2.10. The highest BCUT2D eigenvalue weighted by Crippen LogP contribution is 2.07. The lowest BCUT2D eigenvalue weighted by atomic mass is 10.2. The first-order valence-corrected chi connectivity index (χ1v) is 4.56. The molecular weight excluding hydrogens is 174 g/mol. The van der Waals surface area contributed by atoms with Crippen LogP contribution in [0.15, 0.2) is 41.2 Å². The minimum Gasteiger partial charge on any atom is -0.355 e. The zero-order valence-corrected chi connectivity index (χ0v) is 7.95. The fourth-order valence-electron chi connectivity index (χ4n) is 1.49. The van der Waals surface area contributed by atoms with Gasteiger partial charge in [-0.3, -0.25) is 4.79 Å². The zero-order valence-electron chi connectivity index (χ0n) is 7.95. The van der Waals surface area contributed by atoms with Crippen LogP contribution in [0, 0.1) is 0 Å². The van der Waals surface area contributed by atoms with Gasteiger partial charge in [0.25, 0.3) is 0 Å². The van der Waals surface area contributed by atoms with Crippen molar-refractivity contribution >= 4 is 17.0 Å². The van der Waals surface area contributed by atoms with Crippen molar-refractivity contribution in [3.05, 3.63) is 52.3 Å². The van der Waals surface area contributed by atoms with Gasteiger partial charge in [-0.25, -0.2) is 0 Å². The fourth-order valence-corrected chi connectivity index (χ4v) is 1.49. The van der Waals surface area contributed by atoms with Crippen LogP contribution in [-0.2, 0) is 0 Å². The summed E-state index contributed by atoms with van der Waals surface area (Å²) in [6, 6.07) is 9.13. The van der Waals surface area contributed by atoms with Gasteiger partial charge in [-0.1, -0.05) is 18.2 Å². The number of hydrogen-bond donors (Lipinski definition) is 1. The monoisotopic (exact) mass is 185 g/mol. The van der Waals surface area contributed by atoms with E-state index in [-0.39, 0.29) is 5.43 Å². The number of para-hydroxylation sites is 1. The lowest BCUT2D eigenvalue weighted by Crippen LogP contribution is -2.02. The van der Waals surface area contributed by atoms with Crippen LogP contribution in [0.3, 0.4) is 0 Å². The Bertz CT molecular complexity index is 537. The van der Waals surface area contributed by atoms with E-state index in [4.69, 9.17) is 0 Å². The molecule has 0 aliphatic rings. The van der Waals surface area contributed by atoms with Gasteiger partial charge in [0.1, 0.15) is 0 Å². The van der Waals surface area contributed by atoms with Crippen LogP contribution in [0.2, 0.25) is 0 Å². The van der Waals surface area contributed by atoms with Gasteiger partial charge in [0.15, 0.2) is 5.43 Å². The maximum Gasteiger partial charge on any atom is 0.189 e. The van der Waals surface area contributed by atoms with E-state index in [1.165, 1.54) is 0 Å². The normalized spacial score (nSPS) is 11.2. The summed E-state index contributed by atoms with van der Waals surface area (Å²) in [6.45, 7) is 1.92. The highest BCUT2D eigenvalue weighted by molar-refractivity contribution is 5.79. The summed E-state index contributed by atoms with van der Waals surface area (Å²) in [4.78, 5) is 14.8. The van der Waals surface area contributed by atoms with E-state index in [1.54, 1.807) is 6.07 Å². The molecule has 0 aliphatic heterocycles. The Morgan fingerprint density at radius 2 is 2.07 bits per heavy atom. The SMILES string of the molecule is C/C=C/c1cc(=O)c2ccccc2[nH]1. The minimum atomic E-state index is 0.0625. The highest BCUT2D eigenvalue weighted by Gasteiger charge is 1.97. The van der Waals surface area contributed by atoms with Gasteiger partial charge >= 0.3 is 0 Å². The second-order valence-corrected chi connectivity index (χ2v) is 3.13. The first-order valence-electron chi connectivity index (χ1n) is 4.56. The van der Waals surface area contributed by atoms with E-state index in [0.717, 1.165) is 16.6 Å². The maximum absolute atomic E-state index is 11.6. The molecule has 70 valence electrons. The Labute approximate surface area is 81.9 Å². The molecule has 2 aromatic rings. The van der Waals surface area contributed by atoms with E-state index in [2.05, 4.69) is 4.98 Å². The number of nitrogens with one attached hydrogen (secondary N) is 1. The predicted octanol–water partition coefficient (Wildman–Crippen LogP) is 2.56. The number of rotatable bonds is 1. The van der Waals surface area contributed by atoms with Crippen molar-refractivity contribution in [3.8, 4) is 0 Å². The Morgan fingerprint density at radius 1 is 1.29 bits per heavy atom. The number of hydrogen-bond acceptors (Lipinski definition) is 1. The van der Waals surface area contributed by atoms with Crippen LogP contribution < -0.4 is 5.43 Å². The van der Waals surface area contributed by atoms with Crippen LogP contribution in [0.25, 0.3) is 17.0 Å². The third kappa shape index (κ3) is 1.46. The molecule has 2 heteroatoms. The van der Waals surface area contributed by atoms with Gasteiger partial charge in [-0.2, -0.15) is 0 Å². The molecule has 0 fully saturated rings. The first-order chi connectivity index (χ1) is 6.81. The molecule has 0 unspecified atom stereocenters. The van der Waals surface area contributed by atoms with Crippen LogP contribution in [0.1, 0.15) is 12.6 Å². The molecule has 2 nitrogen and oxygen atoms in total. The summed E-state index contributed by atoms with van der Waals surface area (Å²) in [5.74, 6) is 0. The molecule has 0 saturated heterocycles. The molecule has 0 saturated carbocycles. The second-order valence-electron chi connectivity index (χ2n) is 3.13. The Hall–Kier alpha value is -1.83. The number of allylic oxidation sites excluding steroid dienone is 1. The van der Waals surface area contributed by atoms with E-state index >= 15 is 0 Å². The van der Waals surface area contributed by atoms with E-state index in [0.29, 0.717) is 0 Å². The van der Waals surface area contributed by atoms with Crippen molar-refractivity contribution in [1.82, 2.24) is 4.98 Å². The molecule has 14 heavy (non-hydrogen) atoms. The van der Waals surface area contributed by atoms with E-state index in [9.17, 15) is 4.79 Å². The molecular formula is C12H11NO. The lowest BCUT2D eigenvalue weighted by Gasteiger charge is -1.98. The van der Waals surface area contributed by atoms with Crippen molar-refractivity contribution in [2.24, 2.45) is 0 Å². The van der Waals surface area contributed by atoms with Crippen molar-refractivity contribution in [1.29, 1.82) is 0 Å². The number of pyridine rings is 1. The summed E-state index contributed by atoms with van der Waals surface area (Å²) >= 11 is 0. The average Bonchev–Trinajstić information content (AvgIpc) is 2.18. The number of fused-ring (bicyclic) bond motifs is 1. The van der Waals surface area contributed by atoms with Crippen LogP contribution in [-0.4, -0.2) is 4.98 Å². The smallest absolute Gasteiger partial charge is 0.189 e. The molecule has 0 aliphatic carbocycles. The van der Waals surface area contributed by atoms with Crippen molar-refractivity contribution in [2.45, 2.75) is 6.92 Å². The fraction of sp³-hybridized carbons (Fsp3) is 0.0833. The Balaban J connectivity index is 2.79. The van der Waals surface area contributed by atoms with Crippen LogP contribution in [0.5, 0.6) is 0 Å². The second kappa shape index (κ2) is 3.50. The van der Waals surface area contributed by atoms with Gasteiger partial charge in [-0.15, -0.1) is 0 Å². The average molecular weight is 185 g/mol. The summed E-state index contributed by atoms with van der Waals surface area (Å²) < 4.78 is 0. The Kier molecular flexibility index (Phi) is 2.19. The van der Waals surface area contributed by atoms with Gasteiger partial charge in [0.2, 0.25) is 0 Å². The molecule has 2 rings (SSSR count). The first kappa shape index (κ1) is 8.75. The summed E-state index contributed by atoms with van der Waals surface area (Å²) in [6.07, 6.45) is 3.79. The molecule has 0 amide bonds. The molecule has 0 radical (unpaired) electrons. The van der Waals surface area contributed by atoms with Crippen LogP contribution in [0.4, 0.5) is 0 Å². The summed E-state index contributed by atoms with van der Waals surface area (Å²) in [7, 11) is 0. The van der Waals surface area contributed by atoms with Gasteiger partial charge in [-0.05, 0) is 25.1 Å². The number of aromatic amines is 1. The molecule has 1 N–H and O–H groups in total. The molecule has 1 heterocycles. The van der Waals surface area contributed by atoms with E-state index < -0.39 is 0 Å². The largest absolute Gasteiger partial charge is 0.355 e. The van der Waals surface area contributed by atoms with E-state index in [1.807, 2.05) is 43.3 Å². The predicted molar refractivity (Wildman–Crippen MR) is 59.3 cm³/mol. The molecule has 0 atom stereocenters. The quantitative estimate of drug-likeness (QED) is 0.727. The third-order valence-electron chi connectivity index (χ3n) is 2.10. The Morgan fingerprint density at radius 3 is 2.86 bits per heavy atom. The number of benzene rings is 1. The van der Waals surface area contributed by atoms with Gasteiger partial charge in [0.05, 0.1) is 0 Å². The topological polar surface area (TPSA) is 32.9 Å². The van der Waals surface area contributed by atoms with Crippen molar-refractivity contribution in [2.75, 3.05) is 0 Å². The number of aromatic nitrogens is 1. The molecule has 1 aromatic heterocycles. The lowest BCUT2D eigenvalue weighted by molar-refractivity contribution is 1.35. The molecule has 0 spiro atoms. The standard InChI is InChI=1S/C12H11NO/c1-2-5-9-8-12(14)10-6-3-4-7-11(10)13-9/h2-8H,1H3,(H,13,14)/b5-2+. The summed E-state index contributed by atoms with van der Waals surface area (Å²) in [5, 5.41) is 0.737. The van der Waals surface area contributed by atoms with Crippen molar-refractivity contribution in [3.63, 3.8) is 0 Å². The zero-order chi connectivity index (χ0) is 9.97. The molecule has 1 aromatic carbocycles.